The van der Waals surface area contributed by atoms with Crippen LogP contribution in [0.2, 0.25) is 0 Å². The maximum Gasteiger partial charge on any atom is 0.230 e. The van der Waals surface area contributed by atoms with Gasteiger partial charge in [0.2, 0.25) is 5.91 Å². The Bertz CT molecular complexity index is 851. The van der Waals surface area contributed by atoms with E-state index in [2.05, 4.69) is 20.5 Å². The number of amides is 1. The monoisotopic (exact) mass is 357 g/mol. The zero-order chi connectivity index (χ0) is 17.6. The zero-order valence-corrected chi connectivity index (χ0v) is 14.3. The lowest BCUT2D eigenvalue weighted by Crippen LogP contribution is -2.24. The lowest BCUT2D eigenvalue weighted by molar-refractivity contribution is -0.118. The summed E-state index contributed by atoms with van der Waals surface area (Å²) < 4.78 is 14.7. The molecule has 3 rings (SSSR count). The SMILES string of the molecule is Cn1c(SCC(=O)NCc2ccc(F)cc2)nnc1-c1ccncc1. The third-order valence-electron chi connectivity index (χ3n) is 3.51. The van der Waals surface area contributed by atoms with Crippen molar-refractivity contribution in [2.24, 2.45) is 7.05 Å². The Balaban J connectivity index is 1.54. The van der Waals surface area contributed by atoms with Gasteiger partial charge in [0, 0.05) is 31.5 Å². The average molecular weight is 357 g/mol. The van der Waals surface area contributed by atoms with Gasteiger partial charge in [-0.3, -0.25) is 9.78 Å². The lowest BCUT2D eigenvalue weighted by Gasteiger charge is -2.06. The van der Waals surface area contributed by atoms with Gasteiger partial charge in [0.25, 0.3) is 0 Å². The van der Waals surface area contributed by atoms with Gasteiger partial charge in [-0.2, -0.15) is 0 Å². The summed E-state index contributed by atoms with van der Waals surface area (Å²) in [6.45, 7) is 0.362. The number of hydrogen-bond acceptors (Lipinski definition) is 5. The Hall–Kier alpha value is -2.74. The summed E-state index contributed by atoms with van der Waals surface area (Å²) in [5.41, 5.74) is 1.76. The Morgan fingerprint density at radius 2 is 1.88 bits per heavy atom. The topological polar surface area (TPSA) is 72.7 Å². The minimum absolute atomic E-state index is 0.122. The van der Waals surface area contributed by atoms with Crippen molar-refractivity contribution in [1.82, 2.24) is 25.1 Å². The van der Waals surface area contributed by atoms with Crippen molar-refractivity contribution in [2.75, 3.05) is 5.75 Å². The van der Waals surface area contributed by atoms with E-state index < -0.39 is 0 Å². The molecule has 1 amide bonds. The molecule has 0 saturated carbocycles. The van der Waals surface area contributed by atoms with Gasteiger partial charge in [0.05, 0.1) is 5.75 Å². The molecule has 0 spiro atoms. The number of nitrogens with one attached hydrogen (secondary N) is 1. The van der Waals surface area contributed by atoms with Gasteiger partial charge < -0.3 is 9.88 Å². The van der Waals surface area contributed by atoms with Crippen LogP contribution < -0.4 is 5.32 Å². The van der Waals surface area contributed by atoms with Gasteiger partial charge in [0.1, 0.15) is 5.82 Å². The molecule has 1 N–H and O–H groups in total. The molecule has 2 aromatic heterocycles. The second-order valence-electron chi connectivity index (χ2n) is 5.29. The van der Waals surface area contributed by atoms with Crippen molar-refractivity contribution in [2.45, 2.75) is 11.7 Å². The van der Waals surface area contributed by atoms with Crippen molar-refractivity contribution in [1.29, 1.82) is 0 Å². The molecule has 0 aliphatic heterocycles. The summed E-state index contributed by atoms with van der Waals surface area (Å²) in [5, 5.41) is 11.7. The lowest BCUT2D eigenvalue weighted by atomic mass is 10.2. The fourth-order valence-corrected chi connectivity index (χ4v) is 2.92. The minimum atomic E-state index is -0.294. The number of pyridine rings is 1. The highest BCUT2D eigenvalue weighted by molar-refractivity contribution is 7.99. The van der Waals surface area contributed by atoms with Gasteiger partial charge in [-0.25, -0.2) is 4.39 Å². The van der Waals surface area contributed by atoms with E-state index in [4.69, 9.17) is 0 Å². The minimum Gasteiger partial charge on any atom is -0.351 e. The fourth-order valence-electron chi connectivity index (χ4n) is 2.18. The molecule has 2 heterocycles. The van der Waals surface area contributed by atoms with Crippen LogP contribution in [-0.2, 0) is 18.4 Å². The molecule has 3 aromatic rings. The quantitative estimate of drug-likeness (QED) is 0.686. The van der Waals surface area contributed by atoms with E-state index in [1.54, 1.807) is 24.5 Å². The highest BCUT2D eigenvalue weighted by Gasteiger charge is 2.12. The third-order valence-corrected chi connectivity index (χ3v) is 4.53. The van der Waals surface area contributed by atoms with Crippen molar-refractivity contribution >= 4 is 17.7 Å². The van der Waals surface area contributed by atoms with Crippen LogP contribution in [0.3, 0.4) is 0 Å². The van der Waals surface area contributed by atoms with Gasteiger partial charge in [-0.05, 0) is 29.8 Å². The number of aromatic nitrogens is 4. The largest absolute Gasteiger partial charge is 0.351 e. The Labute approximate surface area is 148 Å². The molecule has 1 aromatic carbocycles. The van der Waals surface area contributed by atoms with Crippen molar-refractivity contribution < 1.29 is 9.18 Å². The smallest absolute Gasteiger partial charge is 0.230 e. The predicted octanol–water partition coefficient (Wildman–Crippen LogP) is 2.42. The number of thioether (sulfide) groups is 1. The molecule has 25 heavy (non-hydrogen) atoms. The molecular weight excluding hydrogens is 341 g/mol. The average Bonchev–Trinajstić information content (AvgIpc) is 3.01. The molecule has 0 bridgehead atoms. The predicted molar refractivity (Wildman–Crippen MR) is 93.2 cm³/mol. The van der Waals surface area contributed by atoms with E-state index in [0.717, 1.165) is 17.0 Å². The molecule has 8 heteroatoms. The molecule has 0 saturated heterocycles. The second-order valence-corrected chi connectivity index (χ2v) is 6.24. The first-order chi connectivity index (χ1) is 12.1. The molecule has 0 aliphatic rings. The van der Waals surface area contributed by atoms with E-state index in [-0.39, 0.29) is 17.5 Å². The van der Waals surface area contributed by atoms with Crippen molar-refractivity contribution in [3.63, 3.8) is 0 Å². The van der Waals surface area contributed by atoms with Crippen LogP contribution in [0.4, 0.5) is 4.39 Å². The highest BCUT2D eigenvalue weighted by Crippen LogP contribution is 2.21. The maximum absolute atomic E-state index is 12.8. The van der Waals surface area contributed by atoms with Crippen LogP contribution in [-0.4, -0.2) is 31.4 Å². The van der Waals surface area contributed by atoms with Gasteiger partial charge >= 0.3 is 0 Å². The van der Waals surface area contributed by atoms with Crippen LogP contribution in [0.5, 0.6) is 0 Å². The summed E-state index contributed by atoms with van der Waals surface area (Å²) in [6, 6.07) is 9.74. The fraction of sp³-hybridized carbons (Fsp3) is 0.176. The summed E-state index contributed by atoms with van der Waals surface area (Å²) in [5.74, 6) is 0.529. The van der Waals surface area contributed by atoms with Crippen LogP contribution in [0, 0.1) is 5.82 Å². The number of halogens is 1. The second kappa shape index (κ2) is 7.89. The van der Waals surface area contributed by atoms with E-state index in [9.17, 15) is 9.18 Å². The van der Waals surface area contributed by atoms with Gasteiger partial charge in [-0.15, -0.1) is 10.2 Å². The zero-order valence-electron chi connectivity index (χ0n) is 13.5. The summed E-state index contributed by atoms with van der Waals surface area (Å²) in [4.78, 5) is 16.0. The molecule has 6 nitrogen and oxygen atoms in total. The van der Waals surface area contributed by atoms with Crippen molar-refractivity contribution in [3.05, 3.63) is 60.2 Å². The van der Waals surface area contributed by atoms with E-state index in [1.807, 2.05) is 23.7 Å². The molecule has 128 valence electrons. The Kier molecular flexibility index (Phi) is 5.39. The number of benzene rings is 1. The summed E-state index contributed by atoms with van der Waals surface area (Å²) in [6.07, 6.45) is 3.39. The number of carbonyl (C=O) groups excluding carboxylic acids is 1. The van der Waals surface area contributed by atoms with Crippen LogP contribution in [0.15, 0.2) is 53.9 Å². The van der Waals surface area contributed by atoms with Crippen LogP contribution in [0.1, 0.15) is 5.56 Å². The molecule has 0 atom stereocenters. The molecule has 0 unspecified atom stereocenters. The maximum atomic E-state index is 12.8. The third kappa shape index (κ3) is 4.42. The summed E-state index contributed by atoms with van der Waals surface area (Å²) >= 11 is 1.31. The molecule has 0 radical (unpaired) electrons. The van der Waals surface area contributed by atoms with E-state index in [1.165, 1.54) is 23.9 Å². The first-order valence-electron chi connectivity index (χ1n) is 7.57. The Morgan fingerprint density at radius 1 is 1.16 bits per heavy atom. The molecular formula is C17H16FN5OS. The number of hydrogen-bond donors (Lipinski definition) is 1. The molecule has 0 aliphatic carbocycles. The number of nitrogens with zero attached hydrogens (tertiary/aromatic N) is 4. The first-order valence-corrected chi connectivity index (χ1v) is 8.56. The number of carbonyl (C=O) groups is 1. The van der Waals surface area contributed by atoms with Crippen LogP contribution in [0.25, 0.3) is 11.4 Å². The van der Waals surface area contributed by atoms with E-state index in [0.29, 0.717) is 11.7 Å². The first kappa shape index (κ1) is 17.1. The molecule has 0 fully saturated rings. The van der Waals surface area contributed by atoms with Gasteiger partial charge in [0.15, 0.2) is 11.0 Å². The highest BCUT2D eigenvalue weighted by atomic mass is 32.2. The van der Waals surface area contributed by atoms with Gasteiger partial charge in [-0.1, -0.05) is 23.9 Å². The standard InChI is InChI=1S/C17H16FN5OS/c1-23-16(13-6-8-19-9-7-13)21-22-17(23)25-11-15(24)20-10-12-2-4-14(18)5-3-12/h2-9H,10-11H2,1H3,(H,20,24). The Morgan fingerprint density at radius 3 is 2.60 bits per heavy atom. The number of rotatable bonds is 6. The summed E-state index contributed by atoms with van der Waals surface area (Å²) in [7, 11) is 1.86. The normalized spacial score (nSPS) is 10.6. The van der Waals surface area contributed by atoms with Crippen LogP contribution >= 0.6 is 11.8 Å². The van der Waals surface area contributed by atoms with E-state index >= 15 is 0 Å². The van der Waals surface area contributed by atoms with Crippen molar-refractivity contribution in [3.8, 4) is 11.4 Å².